The highest BCUT2D eigenvalue weighted by Crippen LogP contribution is 2.32. The minimum absolute atomic E-state index is 0.0432. The molecule has 2 amide bonds. The number of nitrogens with two attached hydrogens (primary N) is 1. The number of primary amides is 1. The van der Waals surface area contributed by atoms with Gasteiger partial charge in [-0.15, -0.1) is 0 Å². The van der Waals surface area contributed by atoms with Gasteiger partial charge in [-0.2, -0.15) is 5.10 Å². The van der Waals surface area contributed by atoms with Crippen molar-refractivity contribution in [2.75, 3.05) is 13.7 Å². The van der Waals surface area contributed by atoms with Crippen molar-refractivity contribution in [1.82, 2.24) is 19.9 Å². The van der Waals surface area contributed by atoms with Crippen LogP contribution in [0.25, 0.3) is 5.65 Å². The van der Waals surface area contributed by atoms with Crippen LogP contribution in [-0.2, 0) is 11.3 Å². The van der Waals surface area contributed by atoms with E-state index in [1.165, 1.54) is 36.0 Å². The summed E-state index contributed by atoms with van der Waals surface area (Å²) in [6.07, 6.45) is 1.93. The summed E-state index contributed by atoms with van der Waals surface area (Å²) in [6.45, 7) is 0.389. The maximum atomic E-state index is 13.5. The molecule has 3 N–H and O–H groups in total. The third kappa shape index (κ3) is 3.38. The van der Waals surface area contributed by atoms with Gasteiger partial charge in [-0.25, -0.2) is 13.9 Å². The lowest BCUT2D eigenvalue weighted by Crippen LogP contribution is -2.33. The second-order valence-corrected chi connectivity index (χ2v) is 6.53. The molecular formula is C19H18FN5O4. The molecule has 1 aromatic carbocycles. The lowest BCUT2D eigenvalue weighted by Gasteiger charge is -2.26. The van der Waals surface area contributed by atoms with Crippen LogP contribution in [0.1, 0.15) is 44.6 Å². The molecule has 150 valence electrons. The van der Waals surface area contributed by atoms with Crippen molar-refractivity contribution in [2.24, 2.45) is 5.73 Å². The molecule has 0 aliphatic carbocycles. The van der Waals surface area contributed by atoms with Gasteiger partial charge in [0, 0.05) is 31.4 Å². The van der Waals surface area contributed by atoms with Crippen molar-refractivity contribution in [3.63, 3.8) is 0 Å². The van der Waals surface area contributed by atoms with Gasteiger partial charge in [-0.3, -0.25) is 9.59 Å². The van der Waals surface area contributed by atoms with Gasteiger partial charge in [0.15, 0.2) is 5.65 Å². The maximum absolute atomic E-state index is 13.5. The van der Waals surface area contributed by atoms with Crippen molar-refractivity contribution >= 4 is 17.5 Å². The topological polar surface area (TPSA) is 121 Å². The first-order valence-corrected chi connectivity index (χ1v) is 8.88. The number of hydrogen-bond acceptors (Lipinski definition) is 6. The van der Waals surface area contributed by atoms with Gasteiger partial charge in [0.1, 0.15) is 28.5 Å². The number of rotatable bonds is 5. The Balaban J connectivity index is 1.70. The van der Waals surface area contributed by atoms with Crippen molar-refractivity contribution in [2.45, 2.75) is 19.1 Å². The number of carbonyl (C=O) groups is 2. The van der Waals surface area contributed by atoms with Crippen molar-refractivity contribution in [1.29, 1.82) is 0 Å². The molecule has 9 nitrogen and oxygen atoms in total. The summed E-state index contributed by atoms with van der Waals surface area (Å²) in [6, 6.07) is 5.33. The molecule has 29 heavy (non-hydrogen) atoms. The molecule has 10 heteroatoms. The number of carbonyl (C=O) groups excluding carboxylic acids is 2. The Hall–Kier alpha value is -3.53. The van der Waals surface area contributed by atoms with E-state index in [0.29, 0.717) is 30.0 Å². The van der Waals surface area contributed by atoms with E-state index < -0.39 is 17.6 Å². The van der Waals surface area contributed by atoms with Crippen LogP contribution in [0.5, 0.6) is 5.75 Å². The summed E-state index contributed by atoms with van der Waals surface area (Å²) in [5.41, 5.74) is 6.90. The van der Waals surface area contributed by atoms with Crippen LogP contribution >= 0.6 is 0 Å². The number of benzene rings is 1. The Morgan fingerprint density at radius 2 is 2.24 bits per heavy atom. The zero-order chi connectivity index (χ0) is 20.5. The van der Waals surface area contributed by atoms with E-state index in [-0.39, 0.29) is 29.6 Å². The summed E-state index contributed by atoms with van der Waals surface area (Å²) in [4.78, 5) is 29.0. The SMILES string of the molecule is COCc1nn2c(C(=O)N[C@H]3CCOc4cc(F)ccc43)ccnc2c1C(N)=O. The third-order valence-corrected chi connectivity index (χ3v) is 4.67. The molecule has 0 bridgehead atoms. The van der Waals surface area contributed by atoms with Crippen LogP contribution in [0.3, 0.4) is 0 Å². The second kappa shape index (κ2) is 7.47. The van der Waals surface area contributed by atoms with Crippen molar-refractivity contribution in [3.05, 3.63) is 58.8 Å². The Morgan fingerprint density at radius 1 is 1.41 bits per heavy atom. The molecule has 1 aliphatic heterocycles. The number of methoxy groups -OCH3 is 1. The van der Waals surface area contributed by atoms with E-state index in [0.717, 1.165) is 0 Å². The monoisotopic (exact) mass is 399 g/mol. The highest BCUT2D eigenvalue weighted by atomic mass is 19.1. The molecule has 0 radical (unpaired) electrons. The van der Waals surface area contributed by atoms with Crippen LogP contribution in [-0.4, -0.2) is 40.1 Å². The van der Waals surface area contributed by atoms with Gasteiger partial charge in [0.25, 0.3) is 11.8 Å². The van der Waals surface area contributed by atoms with Crippen molar-refractivity contribution in [3.8, 4) is 5.75 Å². The summed E-state index contributed by atoms with van der Waals surface area (Å²) in [5, 5.41) is 7.20. The number of nitrogens with zero attached hydrogens (tertiary/aromatic N) is 3. The summed E-state index contributed by atoms with van der Waals surface area (Å²) in [5.74, 6) is -1.15. The van der Waals surface area contributed by atoms with Gasteiger partial charge < -0.3 is 20.5 Å². The smallest absolute Gasteiger partial charge is 0.270 e. The van der Waals surface area contributed by atoms with E-state index in [2.05, 4.69) is 15.4 Å². The molecular weight excluding hydrogens is 381 g/mol. The molecule has 4 rings (SSSR count). The fourth-order valence-corrected chi connectivity index (χ4v) is 3.40. The highest BCUT2D eigenvalue weighted by Gasteiger charge is 2.26. The number of aromatic nitrogens is 3. The quantitative estimate of drug-likeness (QED) is 0.668. The van der Waals surface area contributed by atoms with Crippen LogP contribution < -0.4 is 15.8 Å². The second-order valence-electron chi connectivity index (χ2n) is 6.53. The molecule has 2 aromatic heterocycles. The van der Waals surface area contributed by atoms with Crippen LogP contribution in [0.2, 0.25) is 0 Å². The predicted octanol–water partition coefficient (Wildman–Crippen LogP) is 1.37. The van der Waals surface area contributed by atoms with Gasteiger partial charge in [0.2, 0.25) is 0 Å². The number of hydrogen-bond donors (Lipinski definition) is 2. The molecule has 3 aromatic rings. The zero-order valence-electron chi connectivity index (χ0n) is 15.5. The molecule has 1 aliphatic rings. The maximum Gasteiger partial charge on any atom is 0.270 e. The fourth-order valence-electron chi connectivity index (χ4n) is 3.40. The minimum atomic E-state index is -0.711. The minimum Gasteiger partial charge on any atom is -0.493 e. The predicted molar refractivity (Wildman–Crippen MR) is 98.9 cm³/mol. The van der Waals surface area contributed by atoms with Gasteiger partial charge in [-0.1, -0.05) is 6.07 Å². The van der Waals surface area contributed by atoms with E-state index in [4.69, 9.17) is 15.2 Å². The number of nitrogens with one attached hydrogen (secondary N) is 1. The lowest BCUT2D eigenvalue weighted by atomic mass is 10.0. The Bertz CT molecular complexity index is 1110. The Labute approximate surface area is 164 Å². The van der Waals surface area contributed by atoms with E-state index in [9.17, 15) is 14.0 Å². The number of halogens is 1. The average Bonchev–Trinajstić information content (AvgIpc) is 3.06. The fraction of sp³-hybridized carbons (Fsp3) is 0.263. The lowest BCUT2D eigenvalue weighted by molar-refractivity contribution is 0.0915. The Kier molecular flexibility index (Phi) is 4.85. The molecule has 3 heterocycles. The van der Waals surface area contributed by atoms with Crippen LogP contribution in [0.15, 0.2) is 30.5 Å². The molecule has 0 fully saturated rings. The van der Waals surface area contributed by atoms with Crippen LogP contribution in [0, 0.1) is 5.82 Å². The Morgan fingerprint density at radius 3 is 3.00 bits per heavy atom. The first-order chi connectivity index (χ1) is 14.0. The first-order valence-electron chi connectivity index (χ1n) is 8.88. The summed E-state index contributed by atoms with van der Waals surface area (Å²) >= 11 is 0. The third-order valence-electron chi connectivity index (χ3n) is 4.67. The van der Waals surface area contributed by atoms with Gasteiger partial charge in [-0.05, 0) is 12.1 Å². The normalized spacial score (nSPS) is 15.6. The van der Waals surface area contributed by atoms with Gasteiger partial charge in [0.05, 0.1) is 19.3 Å². The number of amides is 2. The largest absolute Gasteiger partial charge is 0.493 e. The van der Waals surface area contributed by atoms with Gasteiger partial charge >= 0.3 is 0 Å². The zero-order valence-corrected chi connectivity index (χ0v) is 15.5. The first kappa shape index (κ1) is 18.8. The highest BCUT2D eigenvalue weighted by molar-refractivity contribution is 6.01. The average molecular weight is 399 g/mol. The molecule has 0 saturated heterocycles. The van der Waals surface area contributed by atoms with E-state index >= 15 is 0 Å². The molecule has 1 atom stereocenters. The van der Waals surface area contributed by atoms with Crippen molar-refractivity contribution < 1.29 is 23.5 Å². The summed E-state index contributed by atoms with van der Waals surface area (Å²) in [7, 11) is 1.46. The van der Waals surface area contributed by atoms with E-state index in [1.54, 1.807) is 6.07 Å². The molecule has 0 unspecified atom stereocenters. The molecule has 0 spiro atoms. The van der Waals surface area contributed by atoms with E-state index in [1.807, 2.05) is 0 Å². The molecule has 0 saturated carbocycles. The number of fused-ring (bicyclic) bond motifs is 2. The summed E-state index contributed by atoms with van der Waals surface area (Å²) < 4.78 is 25.3. The standard InChI is InChI=1S/C19H18FN5O4/c1-28-9-13-16(17(21)26)18-22-6-4-14(25(18)24-13)19(27)23-12-5-7-29-15-8-10(20)2-3-11(12)15/h2-4,6,8,12H,5,7,9H2,1H3,(H2,21,26)(H,23,27)/t12-/m0/s1. The van der Waals surface area contributed by atoms with Crippen LogP contribution in [0.4, 0.5) is 4.39 Å². The number of ether oxygens (including phenoxy) is 2.